The summed E-state index contributed by atoms with van der Waals surface area (Å²) < 4.78 is 1.07. The summed E-state index contributed by atoms with van der Waals surface area (Å²) in [6.45, 7) is 6.50. The molecule has 1 N–H and O–H groups in total. The summed E-state index contributed by atoms with van der Waals surface area (Å²) in [5.74, 6) is 0.686. The number of nitrogens with one attached hydrogen (secondary N) is 1. The molecule has 0 heterocycles. The minimum absolute atomic E-state index is 0.341. The van der Waals surface area contributed by atoms with Crippen LogP contribution in [-0.4, -0.2) is 12.3 Å². The van der Waals surface area contributed by atoms with Crippen LogP contribution in [0.1, 0.15) is 32.3 Å². The quantitative estimate of drug-likeness (QED) is 0.903. The lowest BCUT2D eigenvalue weighted by atomic mass is 10.2. The van der Waals surface area contributed by atoms with E-state index >= 15 is 0 Å². The molecule has 0 aromatic heterocycles. The van der Waals surface area contributed by atoms with Crippen molar-refractivity contribution in [2.75, 3.05) is 11.9 Å². The van der Waals surface area contributed by atoms with E-state index in [9.17, 15) is 4.79 Å². The van der Waals surface area contributed by atoms with Gasteiger partial charge in [0.1, 0.15) is 0 Å². The topological polar surface area (TPSA) is 29.1 Å². The highest BCUT2D eigenvalue weighted by atomic mass is 79.9. The Bertz CT molecular complexity index is 386. The van der Waals surface area contributed by atoms with Crippen molar-refractivity contribution in [2.24, 2.45) is 5.92 Å². The Labute approximate surface area is 112 Å². The molecule has 0 amide bonds. The number of halogens is 1. The summed E-state index contributed by atoms with van der Waals surface area (Å²) in [5, 5.41) is 3.19. The zero-order valence-corrected chi connectivity index (χ0v) is 12.3. The largest absolute Gasteiger partial charge is 0.378 e. The molecule has 2 nitrogen and oxygen atoms in total. The van der Waals surface area contributed by atoms with E-state index in [-0.39, 0.29) is 0 Å². The van der Waals surface area contributed by atoms with Crippen molar-refractivity contribution < 1.29 is 4.79 Å². The molecule has 0 bridgehead atoms. The molecule has 0 unspecified atom stereocenters. The number of hydrogen-bond acceptors (Lipinski definition) is 2. The summed E-state index contributed by atoms with van der Waals surface area (Å²) in [6, 6.07) is 6.03. The second kappa shape index (κ2) is 6.80. The SMILES string of the molecule is CC.Cc1cc(Br)ccc1NCC(=O)C1CC1. The highest BCUT2D eigenvalue weighted by Crippen LogP contribution is 2.30. The van der Waals surface area contributed by atoms with E-state index in [0.29, 0.717) is 18.2 Å². The molecule has 1 saturated carbocycles. The Kier molecular flexibility index (Phi) is 5.69. The van der Waals surface area contributed by atoms with Crippen LogP contribution in [0.25, 0.3) is 0 Å². The number of benzene rings is 1. The average Bonchev–Trinajstić information content (AvgIpc) is 3.14. The lowest BCUT2D eigenvalue weighted by Gasteiger charge is -2.08. The lowest BCUT2D eigenvalue weighted by Crippen LogP contribution is -2.15. The van der Waals surface area contributed by atoms with Crippen LogP contribution in [0.2, 0.25) is 0 Å². The van der Waals surface area contributed by atoms with Crippen molar-refractivity contribution >= 4 is 27.4 Å². The van der Waals surface area contributed by atoms with Gasteiger partial charge in [0.15, 0.2) is 5.78 Å². The molecule has 1 fully saturated rings. The van der Waals surface area contributed by atoms with Crippen molar-refractivity contribution in [1.82, 2.24) is 0 Å². The third kappa shape index (κ3) is 4.50. The fourth-order valence-corrected chi connectivity index (χ4v) is 2.03. The number of Topliss-reactive ketones (excluding diaryl/α,β-unsaturated/α-hetero) is 1. The van der Waals surface area contributed by atoms with Crippen LogP contribution in [0.4, 0.5) is 5.69 Å². The first-order valence-electron chi connectivity index (χ1n) is 6.19. The van der Waals surface area contributed by atoms with Crippen LogP contribution in [0.3, 0.4) is 0 Å². The summed E-state index contributed by atoms with van der Waals surface area (Å²) in [4.78, 5) is 11.5. The third-order valence-electron chi connectivity index (χ3n) is 2.67. The molecular weight excluding hydrogens is 278 g/mol. The molecule has 1 aliphatic carbocycles. The van der Waals surface area contributed by atoms with E-state index in [2.05, 4.69) is 21.2 Å². The van der Waals surface area contributed by atoms with Gasteiger partial charge in [-0.2, -0.15) is 0 Å². The van der Waals surface area contributed by atoms with Gasteiger partial charge in [0, 0.05) is 16.1 Å². The zero-order chi connectivity index (χ0) is 12.8. The third-order valence-corrected chi connectivity index (χ3v) is 3.17. The predicted octanol–water partition coefficient (Wildman–Crippen LogP) is 4.17. The Morgan fingerprint density at radius 1 is 1.41 bits per heavy atom. The zero-order valence-electron chi connectivity index (χ0n) is 10.7. The molecule has 0 spiro atoms. The van der Waals surface area contributed by atoms with E-state index in [0.717, 1.165) is 28.6 Å². The predicted molar refractivity (Wildman–Crippen MR) is 76.4 cm³/mol. The molecular formula is C14H20BrNO. The van der Waals surface area contributed by atoms with Gasteiger partial charge in [0.05, 0.1) is 6.54 Å². The number of rotatable bonds is 4. The van der Waals surface area contributed by atoms with Crippen molar-refractivity contribution in [3.63, 3.8) is 0 Å². The Hall–Kier alpha value is -0.830. The van der Waals surface area contributed by atoms with Crippen LogP contribution >= 0.6 is 15.9 Å². The molecule has 17 heavy (non-hydrogen) atoms. The monoisotopic (exact) mass is 297 g/mol. The van der Waals surface area contributed by atoms with Crippen LogP contribution in [-0.2, 0) is 4.79 Å². The Morgan fingerprint density at radius 2 is 2.06 bits per heavy atom. The van der Waals surface area contributed by atoms with Gasteiger partial charge < -0.3 is 5.32 Å². The second-order valence-electron chi connectivity index (χ2n) is 4.05. The van der Waals surface area contributed by atoms with Crippen LogP contribution in [0.5, 0.6) is 0 Å². The minimum Gasteiger partial charge on any atom is -0.378 e. The van der Waals surface area contributed by atoms with E-state index < -0.39 is 0 Å². The maximum atomic E-state index is 11.5. The van der Waals surface area contributed by atoms with E-state index in [1.54, 1.807) is 0 Å². The van der Waals surface area contributed by atoms with Crippen molar-refractivity contribution in [2.45, 2.75) is 33.6 Å². The molecule has 0 saturated heterocycles. The molecule has 0 radical (unpaired) electrons. The molecule has 0 atom stereocenters. The van der Waals surface area contributed by atoms with Gasteiger partial charge in [-0.15, -0.1) is 0 Å². The average molecular weight is 298 g/mol. The summed E-state index contributed by atoms with van der Waals surface area (Å²) >= 11 is 3.41. The molecule has 0 aliphatic heterocycles. The lowest BCUT2D eigenvalue weighted by molar-refractivity contribution is -0.118. The van der Waals surface area contributed by atoms with Gasteiger partial charge >= 0.3 is 0 Å². The molecule has 94 valence electrons. The first-order chi connectivity index (χ1) is 8.16. The summed E-state index contributed by atoms with van der Waals surface area (Å²) in [5.41, 5.74) is 2.21. The molecule has 1 aromatic carbocycles. The first kappa shape index (κ1) is 14.2. The van der Waals surface area contributed by atoms with Gasteiger partial charge in [-0.3, -0.25) is 4.79 Å². The summed E-state index contributed by atoms with van der Waals surface area (Å²) in [7, 11) is 0. The van der Waals surface area contributed by atoms with Crippen LogP contribution in [0, 0.1) is 12.8 Å². The van der Waals surface area contributed by atoms with E-state index in [1.807, 2.05) is 39.0 Å². The maximum absolute atomic E-state index is 11.5. The van der Waals surface area contributed by atoms with Gasteiger partial charge in [-0.05, 0) is 43.5 Å². The number of aryl methyl sites for hydroxylation is 1. The Morgan fingerprint density at radius 3 is 2.59 bits per heavy atom. The normalized spacial score (nSPS) is 13.6. The number of carbonyl (C=O) groups is 1. The first-order valence-corrected chi connectivity index (χ1v) is 6.99. The van der Waals surface area contributed by atoms with Gasteiger partial charge in [0.2, 0.25) is 0 Å². The van der Waals surface area contributed by atoms with Gasteiger partial charge in [0.25, 0.3) is 0 Å². The van der Waals surface area contributed by atoms with Gasteiger partial charge in [-0.25, -0.2) is 0 Å². The van der Waals surface area contributed by atoms with Crippen molar-refractivity contribution in [3.8, 4) is 0 Å². The number of hydrogen-bond donors (Lipinski definition) is 1. The number of carbonyl (C=O) groups excluding carboxylic acids is 1. The van der Waals surface area contributed by atoms with Crippen LogP contribution in [0.15, 0.2) is 22.7 Å². The maximum Gasteiger partial charge on any atom is 0.154 e. The highest BCUT2D eigenvalue weighted by molar-refractivity contribution is 9.10. The number of ketones is 1. The molecule has 1 aromatic rings. The second-order valence-corrected chi connectivity index (χ2v) is 4.97. The fraction of sp³-hybridized carbons (Fsp3) is 0.500. The van der Waals surface area contributed by atoms with Crippen molar-refractivity contribution in [1.29, 1.82) is 0 Å². The smallest absolute Gasteiger partial charge is 0.154 e. The molecule has 3 heteroatoms. The van der Waals surface area contributed by atoms with Crippen LogP contribution < -0.4 is 5.32 Å². The van der Waals surface area contributed by atoms with Crippen molar-refractivity contribution in [3.05, 3.63) is 28.2 Å². The number of anilines is 1. The Balaban J connectivity index is 0.000000686. The molecule has 1 aliphatic rings. The summed E-state index contributed by atoms with van der Waals surface area (Å²) in [6.07, 6.45) is 2.17. The van der Waals surface area contributed by atoms with E-state index in [4.69, 9.17) is 0 Å². The fourth-order valence-electron chi connectivity index (χ4n) is 1.56. The minimum atomic E-state index is 0.341. The van der Waals surface area contributed by atoms with E-state index in [1.165, 1.54) is 0 Å². The highest BCUT2D eigenvalue weighted by Gasteiger charge is 2.28. The standard InChI is InChI=1S/C12H14BrNO.C2H6/c1-8-6-10(13)4-5-11(8)14-7-12(15)9-2-3-9;1-2/h4-6,9,14H,2-3,7H2,1H3;1-2H3. The molecule has 2 rings (SSSR count). The van der Waals surface area contributed by atoms with Gasteiger partial charge in [-0.1, -0.05) is 29.8 Å².